The van der Waals surface area contributed by atoms with Gasteiger partial charge in [-0.15, -0.1) is 0 Å². The second kappa shape index (κ2) is 6.58. The van der Waals surface area contributed by atoms with Gasteiger partial charge in [0.15, 0.2) is 0 Å². The van der Waals surface area contributed by atoms with E-state index in [0.717, 1.165) is 23.8 Å². The number of nitrogens with one attached hydrogen (secondary N) is 1. The summed E-state index contributed by atoms with van der Waals surface area (Å²) in [7, 11) is 0. The van der Waals surface area contributed by atoms with Crippen LogP contribution in [0, 0.1) is 17.8 Å². The molecule has 0 radical (unpaired) electrons. The summed E-state index contributed by atoms with van der Waals surface area (Å²) in [4.78, 5) is 2.79. The van der Waals surface area contributed by atoms with E-state index >= 15 is 0 Å². The van der Waals surface area contributed by atoms with E-state index in [2.05, 4.69) is 17.1 Å². The number of likely N-dealkylation sites (tertiary alicyclic amines) is 1. The Kier molecular flexibility index (Phi) is 4.81. The molecule has 19 heavy (non-hydrogen) atoms. The van der Waals surface area contributed by atoms with E-state index in [-0.39, 0.29) is 0 Å². The Morgan fingerprint density at radius 3 is 2.47 bits per heavy atom. The molecule has 2 nitrogen and oxygen atoms in total. The van der Waals surface area contributed by atoms with Crippen molar-refractivity contribution < 1.29 is 0 Å². The molecule has 0 aromatic heterocycles. The highest BCUT2D eigenvalue weighted by molar-refractivity contribution is 4.87. The summed E-state index contributed by atoms with van der Waals surface area (Å²) in [5, 5.41) is 3.87. The molecule has 110 valence electrons. The highest BCUT2D eigenvalue weighted by Gasteiger charge is 2.30. The highest BCUT2D eigenvalue weighted by Crippen LogP contribution is 2.31. The van der Waals surface area contributed by atoms with Crippen LogP contribution in [0.1, 0.15) is 58.3 Å². The first-order valence-electron chi connectivity index (χ1n) is 8.79. The fourth-order valence-electron chi connectivity index (χ4n) is 3.91. The molecule has 2 unspecified atom stereocenters. The third-order valence-electron chi connectivity index (χ3n) is 5.44. The van der Waals surface area contributed by atoms with Gasteiger partial charge in [0.2, 0.25) is 0 Å². The molecule has 0 aromatic rings. The molecule has 2 saturated carbocycles. The van der Waals surface area contributed by atoms with Crippen LogP contribution in [0.3, 0.4) is 0 Å². The number of piperidine rings is 1. The van der Waals surface area contributed by atoms with Gasteiger partial charge in [0.25, 0.3) is 0 Å². The Hall–Kier alpha value is -0.0800. The second-order valence-corrected chi connectivity index (χ2v) is 7.45. The van der Waals surface area contributed by atoms with Crippen LogP contribution in [0.25, 0.3) is 0 Å². The molecule has 1 saturated heterocycles. The largest absolute Gasteiger partial charge is 0.312 e. The summed E-state index contributed by atoms with van der Waals surface area (Å²) >= 11 is 0. The zero-order valence-corrected chi connectivity index (χ0v) is 12.7. The van der Waals surface area contributed by atoms with Crippen LogP contribution in [0.15, 0.2) is 0 Å². The molecular weight excluding hydrogens is 232 g/mol. The summed E-state index contributed by atoms with van der Waals surface area (Å²) < 4.78 is 0. The van der Waals surface area contributed by atoms with Gasteiger partial charge in [-0.05, 0) is 62.8 Å². The molecule has 0 amide bonds. The lowest BCUT2D eigenvalue weighted by atomic mass is 9.83. The molecule has 1 heterocycles. The van der Waals surface area contributed by atoms with Gasteiger partial charge >= 0.3 is 0 Å². The summed E-state index contributed by atoms with van der Waals surface area (Å²) in [6, 6.07) is 0.783. The van der Waals surface area contributed by atoms with E-state index < -0.39 is 0 Å². The smallest absolute Gasteiger partial charge is 0.0198 e. The van der Waals surface area contributed by atoms with Crippen LogP contribution in [-0.4, -0.2) is 37.1 Å². The minimum absolute atomic E-state index is 0.783. The SMILES string of the molecule is CCCC1CC(NCC2CC2)CN(CC2CCC2)C1. The lowest BCUT2D eigenvalue weighted by molar-refractivity contribution is 0.0980. The first-order valence-corrected chi connectivity index (χ1v) is 8.79. The van der Waals surface area contributed by atoms with E-state index in [4.69, 9.17) is 0 Å². The molecule has 2 atom stereocenters. The third-order valence-corrected chi connectivity index (χ3v) is 5.44. The zero-order chi connectivity index (χ0) is 13.1. The van der Waals surface area contributed by atoms with Gasteiger partial charge in [0.1, 0.15) is 0 Å². The van der Waals surface area contributed by atoms with Crippen molar-refractivity contribution in [2.75, 3.05) is 26.2 Å². The summed E-state index contributed by atoms with van der Waals surface area (Å²) in [6.07, 6.45) is 11.7. The normalized spacial score (nSPS) is 33.3. The zero-order valence-electron chi connectivity index (χ0n) is 12.7. The summed E-state index contributed by atoms with van der Waals surface area (Å²) in [5.41, 5.74) is 0. The van der Waals surface area contributed by atoms with Crippen LogP contribution < -0.4 is 5.32 Å². The molecule has 2 aliphatic carbocycles. The number of nitrogens with zero attached hydrogens (tertiary/aromatic N) is 1. The van der Waals surface area contributed by atoms with Crippen LogP contribution in [-0.2, 0) is 0 Å². The molecule has 3 rings (SSSR count). The first kappa shape index (κ1) is 13.9. The first-order chi connectivity index (χ1) is 9.33. The second-order valence-electron chi connectivity index (χ2n) is 7.45. The van der Waals surface area contributed by atoms with Crippen molar-refractivity contribution in [3.63, 3.8) is 0 Å². The standard InChI is InChI=1S/C17H32N2/c1-2-4-16-9-17(18-10-14-7-8-14)13-19(12-16)11-15-5-3-6-15/h14-18H,2-13H2,1H3. The monoisotopic (exact) mass is 264 g/mol. The Bertz CT molecular complexity index is 270. The Morgan fingerprint density at radius 1 is 1.00 bits per heavy atom. The molecule has 0 aromatic carbocycles. The van der Waals surface area contributed by atoms with E-state index in [1.807, 2.05) is 0 Å². The molecule has 3 aliphatic rings. The summed E-state index contributed by atoms with van der Waals surface area (Å²) in [6.45, 7) is 7.73. The highest BCUT2D eigenvalue weighted by atomic mass is 15.2. The molecule has 1 aliphatic heterocycles. The van der Waals surface area contributed by atoms with E-state index in [1.54, 1.807) is 0 Å². The van der Waals surface area contributed by atoms with Gasteiger partial charge in [0, 0.05) is 25.7 Å². The summed E-state index contributed by atoms with van der Waals surface area (Å²) in [5.74, 6) is 3.01. The maximum Gasteiger partial charge on any atom is 0.0198 e. The fraction of sp³-hybridized carbons (Fsp3) is 1.00. The van der Waals surface area contributed by atoms with Gasteiger partial charge in [-0.25, -0.2) is 0 Å². The van der Waals surface area contributed by atoms with Crippen molar-refractivity contribution in [1.82, 2.24) is 10.2 Å². The lowest BCUT2D eigenvalue weighted by Crippen LogP contribution is -2.51. The molecule has 2 heteroatoms. The predicted molar refractivity (Wildman–Crippen MR) is 81.3 cm³/mol. The Morgan fingerprint density at radius 2 is 1.84 bits per heavy atom. The predicted octanol–water partition coefficient (Wildman–Crippen LogP) is 3.28. The van der Waals surface area contributed by atoms with Crippen molar-refractivity contribution in [2.24, 2.45) is 17.8 Å². The van der Waals surface area contributed by atoms with Crippen molar-refractivity contribution in [3.8, 4) is 0 Å². The molecule has 0 bridgehead atoms. The Labute approximate surface area is 119 Å². The van der Waals surface area contributed by atoms with E-state index in [1.165, 1.54) is 77.5 Å². The number of hydrogen-bond acceptors (Lipinski definition) is 2. The topological polar surface area (TPSA) is 15.3 Å². The van der Waals surface area contributed by atoms with Gasteiger partial charge < -0.3 is 10.2 Å². The van der Waals surface area contributed by atoms with Crippen molar-refractivity contribution in [1.29, 1.82) is 0 Å². The maximum atomic E-state index is 3.87. The van der Waals surface area contributed by atoms with Crippen LogP contribution in [0.2, 0.25) is 0 Å². The van der Waals surface area contributed by atoms with Crippen LogP contribution in [0.5, 0.6) is 0 Å². The maximum absolute atomic E-state index is 3.87. The fourth-order valence-corrected chi connectivity index (χ4v) is 3.91. The molecular formula is C17H32N2. The average molecular weight is 264 g/mol. The van der Waals surface area contributed by atoms with Gasteiger partial charge in [0.05, 0.1) is 0 Å². The van der Waals surface area contributed by atoms with Gasteiger partial charge in [-0.2, -0.15) is 0 Å². The third kappa shape index (κ3) is 4.19. The van der Waals surface area contributed by atoms with E-state index in [9.17, 15) is 0 Å². The molecule has 0 spiro atoms. The minimum atomic E-state index is 0.783. The molecule has 3 fully saturated rings. The quantitative estimate of drug-likeness (QED) is 0.759. The minimum Gasteiger partial charge on any atom is -0.312 e. The van der Waals surface area contributed by atoms with Crippen molar-refractivity contribution >= 4 is 0 Å². The number of rotatable bonds is 7. The average Bonchev–Trinajstić information content (AvgIpc) is 3.16. The van der Waals surface area contributed by atoms with Crippen LogP contribution in [0.4, 0.5) is 0 Å². The number of hydrogen-bond donors (Lipinski definition) is 1. The van der Waals surface area contributed by atoms with Crippen molar-refractivity contribution in [3.05, 3.63) is 0 Å². The van der Waals surface area contributed by atoms with Crippen LogP contribution >= 0.6 is 0 Å². The molecule has 1 N–H and O–H groups in total. The van der Waals surface area contributed by atoms with Gasteiger partial charge in [-0.1, -0.05) is 19.8 Å². The van der Waals surface area contributed by atoms with Gasteiger partial charge in [-0.3, -0.25) is 0 Å². The lowest BCUT2D eigenvalue weighted by Gasteiger charge is -2.41. The van der Waals surface area contributed by atoms with Crippen molar-refractivity contribution in [2.45, 2.75) is 64.3 Å². The van der Waals surface area contributed by atoms with E-state index in [0.29, 0.717) is 0 Å². The Balaban J connectivity index is 1.47.